The van der Waals surface area contributed by atoms with Crippen LogP contribution in [0.3, 0.4) is 0 Å². The summed E-state index contributed by atoms with van der Waals surface area (Å²) in [6.07, 6.45) is 4.00. The van der Waals surface area contributed by atoms with Crippen LogP contribution in [-0.4, -0.2) is 23.9 Å². The summed E-state index contributed by atoms with van der Waals surface area (Å²) in [4.78, 5) is 0. The van der Waals surface area contributed by atoms with E-state index in [4.69, 9.17) is 0 Å². The molecule has 0 aromatic heterocycles. The van der Waals surface area contributed by atoms with E-state index in [0.29, 0.717) is 0 Å². The van der Waals surface area contributed by atoms with Gasteiger partial charge in [-0.15, -0.1) is 0 Å². The largest absolute Gasteiger partial charge is 0.292 e. The Bertz CT molecular complexity index is 90.2. The van der Waals surface area contributed by atoms with Crippen molar-refractivity contribution in [3.63, 3.8) is 0 Å². The first kappa shape index (κ1) is 11.4. The number of unbranched alkanes of at least 4 members (excludes halogenated alkanes) is 1. The second kappa shape index (κ2) is 7.05. The monoisotopic (exact) mass is 173 g/mol. The molecular weight excluding hydrogens is 153 g/mol. The molecule has 0 radical (unpaired) electrons. The van der Waals surface area contributed by atoms with E-state index in [1.54, 1.807) is 0 Å². The summed E-state index contributed by atoms with van der Waals surface area (Å²) in [6, 6.07) is 0. The molecule has 0 aromatic rings. The second-order valence-electron chi connectivity index (χ2n) is 2.96. The Balaban J connectivity index is 3.38. The van der Waals surface area contributed by atoms with Crippen LogP contribution < -0.4 is 0 Å². The topological polar surface area (TPSA) is 3.24 Å². The van der Waals surface area contributed by atoms with Crippen LogP contribution in [0.25, 0.3) is 0 Å². The third-order valence-electron chi connectivity index (χ3n) is 1.93. The predicted molar refractivity (Wildman–Crippen MR) is 57.2 cm³/mol. The third-order valence-corrected chi connectivity index (χ3v) is 2.95. The van der Waals surface area contributed by atoms with E-state index in [0.717, 1.165) is 6.85 Å². The van der Waals surface area contributed by atoms with Gasteiger partial charge in [-0.2, -0.15) is 0 Å². The summed E-state index contributed by atoms with van der Waals surface area (Å²) in [6.45, 7) is 7.49. The van der Waals surface area contributed by atoms with Crippen molar-refractivity contribution in [3.8, 4) is 0 Å². The second-order valence-corrected chi connectivity index (χ2v) is 4.37. The van der Waals surface area contributed by atoms with Gasteiger partial charge in [-0.05, 0) is 7.05 Å². The van der Waals surface area contributed by atoms with Crippen molar-refractivity contribution in [1.29, 1.82) is 0 Å². The van der Waals surface area contributed by atoms with Crippen LogP contribution in [0.5, 0.6) is 0 Å². The molecule has 0 saturated heterocycles. The Labute approximate surface area is 76.2 Å². The molecular formula is C8H20BNS. The Morgan fingerprint density at radius 3 is 2.45 bits per heavy atom. The van der Waals surface area contributed by atoms with E-state index < -0.39 is 0 Å². The first-order valence-electron chi connectivity index (χ1n) is 4.58. The zero-order valence-corrected chi connectivity index (χ0v) is 9.08. The third kappa shape index (κ3) is 5.62. The predicted octanol–water partition coefficient (Wildman–Crippen LogP) is 3.01. The van der Waals surface area contributed by atoms with Crippen LogP contribution in [0.15, 0.2) is 0 Å². The highest BCUT2D eigenvalue weighted by molar-refractivity contribution is 7.98. The maximum atomic E-state index is 2.37. The Morgan fingerprint density at radius 1 is 1.36 bits per heavy atom. The van der Waals surface area contributed by atoms with Crippen molar-refractivity contribution >= 4 is 18.8 Å². The maximum Gasteiger partial charge on any atom is 0.232 e. The van der Waals surface area contributed by atoms with Gasteiger partial charge in [-0.1, -0.05) is 51.8 Å². The van der Waals surface area contributed by atoms with Crippen molar-refractivity contribution in [1.82, 2.24) is 4.22 Å². The van der Waals surface area contributed by atoms with Gasteiger partial charge in [-0.25, -0.2) is 0 Å². The number of hydrogen-bond donors (Lipinski definition) is 0. The van der Waals surface area contributed by atoms with Crippen LogP contribution in [0, 0.1) is 0 Å². The standard InChI is InChI=1S/C8H20BNS/c1-5-7-8-9(3)10(4)11-6-2/h5-8H2,1-4H3. The van der Waals surface area contributed by atoms with Crippen molar-refractivity contribution in [2.24, 2.45) is 0 Å². The summed E-state index contributed by atoms with van der Waals surface area (Å²) in [5.74, 6) is 1.19. The summed E-state index contributed by atoms with van der Waals surface area (Å²) in [5.41, 5.74) is 0. The van der Waals surface area contributed by atoms with Gasteiger partial charge in [0.15, 0.2) is 0 Å². The zero-order valence-electron chi connectivity index (χ0n) is 8.26. The highest BCUT2D eigenvalue weighted by Crippen LogP contribution is 2.12. The molecule has 0 aromatic carbocycles. The SMILES string of the molecule is CCCCB(C)N(C)SCC. The lowest BCUT2D eigenvalue weighted by atomic mass is 9.61. The van der Waals surface area contributed by atoms with Crippen molar-refractivity contribution in [3.05, 3.63) is 0 Å². The molecule has 0 aliphatic rings. The normalized spacial score (nSPS) is 10.6. The van der Waals surface area contributed by atoms with E-state index >= 15 is 0 Å². The average Bonchev–Trinajstić information content (AvgIpc) is 2.00. The Morgan fingerprint density at radius 2 is 2.00 bits per heavy atom. The van der Waals surface area contributed by atoms with E-state index in [-0.39, 0.29) is 0 Å². The van der Waals surface area contributed by atoms with Crippen LogP contribution >= 0.6 is 11.9 Å². The van der Waals surface area contributed by atoms with E-state index in [1.807, 2.05) is 11.9 Å². The summed E-state index contributed by atoms with van der Waals surface area (Å²) in [7, 11) is 2.19. The van der Waals surface area contributed by atoms with Gasteiger partial charge in [0.05, 0.1) is 0 Å². The molecule has 0 unspecified atom stereocenters. The molecule has 0 fully saturated rings. The molecule has 0 saturated carbocycles. The smallest absolute Gasteiger partial charge is 0.232 e. The van der Waals surface area contributed by atoms with Crippen molar-refractivity contribution < 1.29 is 0 Å². The van der Waals surface area contributed by atoms with Crippen molar-refractivity contribution in [2.75, 3.05) is 12.8 Å². The Hall–Kier alpha value is 0.375. The molecule has 11 heavy (non-hydrogen) atoms. The summed E-state index contributed by atoms with van der Waals surface area (Å²) < 4.78 is 2.37. The quantitative estimate of drug-likeness (QED) is 0.448. The highest BCUT2D eigenvalue weighted by atomic mass is 32.2. The van der Waals surface area contributed by atoms with Gasteiger partial charge < -0.3 is 0 Å². The minimum atomic E-state index is 0.736. The average molecular weight is 173 g/mol. The van der Waals surface area contributed by atoms with Gasteiger partial charge in [0.2, 0.25) is 6.85 Å². The number of hydrogen-bond acceptors (Lipinski definition) is 2. The van der Waals surface area contributed by atoms with Crippen LogP contribution in [0.4, 0.5) is 0 Å². The van der Waals surface area contributed by atoms with E-state index in [2.05, 4.69) is 31.9 Å². The molecule has 3 heteroatoms. The molecule has 0 rings (SSSR count). The van der Waals surface area contributed by atoms with Crippen LogP contribution in [0.1, 0.15) is 26.7 Å². The lowest BCUT2D eigenvalue weighted by Gasteiger charge is -2.19. The van der Waals surface area contributed by atoms with E-state index in [1.165, 1.54) is 24.9 Å². The molecule has 1 nitrogen and oxygen atoms in total. The maximum absolute atomic E-state index is 2.37. The van der Waals surface area contributed by atoms with Gasteiger partial charge in [0.25, 0.3) is 0 Å². The number of rotatable bonds is 6. The molecule has 0 atom stereocenters. The molecule has 0 spiro atoms. The molecule has 0 amide bonds. The fourth-order valence-electron chi connectivity index (χ4n) is 1.01. The van der Waals surface area contributed by atoms with Gasteiger partial charge >= 0.3 is 0 Å². The molecule has 0 aliphatic carbocycles. The molecule has 0 bridgehead atoms. The first-order valence-corrected chi connectivity index (χ1v) is 5.52. The minimum absolute atomic E-state index is 0.736. The summed E-state index contributed by atoms with van der Waals surface area (Å²) >= 11 is 1.92. The van der Waals surface area contributed by atoms with Gasteiger partial charge in [0.1, 0.15) is 0 Å². The first-order chi connectivity index (χ1) is 5.22. The zero-order chi connectivity index (χ0) is 8.69. The molecule has 0 heterocycles. The highest BCUT2D eigenvalue weighted by Gasteiger charge is 2.11. The lowest BCUT2D eigenvalue weighted by Crippen LogP contribution is -2.27. The van der Waals surface area contributed by atoms with E-state index in [9.17, 15) is 0 Å². The van der Waals surface area contributed by atoms with Gasteiger partial charge in [-0.3, -0.25) is 4.22 Å². The minimum Gasteiger partial charge on any atom is -0.292 e. The summed E-state index contributed by atoms with van der Waals surface area (Å²) in [5, 5.41) is 0. The molecule has 66 valence electrons. The fraction of sp³-hybridized carbons (Fsp3) is 1.00. The van der Waals surface area contributed by atoms with Gasteiger partial charge in [0, 0.05) is 5.75 Å². The Kier molecular flexibility index (Phi) is 7.29. The molecule has 0 N–H and O–H groups in total. The molecule has 0 aliphatic heterocycles. The van der Waals surface area contributed by atoms with Crippen LogP contribution in [-0.2, 0) is 0 Å². The van der Waals surface area contributed by atoms with Crippen LogP contribution in [0.2, 0.25) is 13.1 Å². The number of nitrogens with zero attached hydrogens (tertiary/aromatic N) is 1. The lowest BCUT2D eigenvalue weighted by molar-refractivity contribution is 0.807. The van der Waals surface area contributed by atoms with Crippen molar-refractivity contribution in [2.45, 2.75) is 39.8 Å². The fourth-order valence-corrected chi connectivity index (χ4v) is 1.78.